The number of pyridine rings is 1. The minimum Gasteiger partial charge on any atom is -0.385 e. The quantitative estimate of drug-likeness (QED) is 0.887. The Morgan fingerprint density at radius 2 is 2.04 bits per heavy atom. The van der Waals surface area contributed by atoms with Crippen LogP contribution in [0.4, 0.5) is 19.0 Å². The molecule has 25 heavy (non-hydrogen) atoms. The van der Waals surface area contributed by atoms with Crippen molar-refractivity contribution in [1.29, 1.82) is 5.26 Å². The van der Waals surface area contributed by atoms with Crippen molar-refractivity contribution in [2.75, 3.05) is 18.0 Å². The van der Waals surface area contributed by atoms with Crippen molar-refractivity contribution in [3.8, 4) is 6.07 Å². The van der Waals surface area contributed by atoms with Crippen LogP contribution in [0.2, 0.25) is 0 Å². The number of hydrogen-bond acceptors (Lipinski definition) is 5. The van der Waals surface area contributed by atoms with Crippen molar-refractivity contribution in [3.05, 3.63) is 41.6 Å². The Hall–Kier alpha value is -2.60. The monoisotopic (exact) mass is 351 g/mol. The van der Waals surface area contributed by atoms with E-state index in [0.29, 0.717) is 31.8 Å². The Kier molecular flexibility index (Phi) is 4.63. The van der Waals surface area contributed by atoms with Gasteiger partial charge in [-0.15, -0.1) is 0 Å². The molecule has 0 bridgehead atoms. The van der Waals surface area contributed by atoms with E-state index in [1.807, 2.05) is 6.07 Å². The molecule has 132 valence electrons. The summed E-state index contributed by atoms with van der Waals surface area (Å²) in [4.78, 5) is 12.2. The largest absolute Gasteiger partial charge is 0.433 e. The second kappa shape index (κ2) is 6.72. The molecule has 3 rings (SSSR count). The number of aliphatic hydroxyl groups excluding tert-OH is 1. The molecule has 9 heteroatoms. The third-order valence-electron chi connectivity index (χ3n) is 4.37. The lowest BCUT2D eigenvalue weighted by Crippen LogP contribution is -2.37. The number of anilines is 1. The van der Waals surface area contributed by atoms with Crippen molar-refractivity contribution in [1.82, 2.24) is 15.0 Å². The van der Waals surface area contributed by atoms with Gasteiger partial charge in [-0.1, -0.05) is 0 Å². The van der Waals surface area contributed by atoms with Crippen molar-refractivity contribution in [2.24, 2.45) is 5.92 Å². The van der Waals surface area contributed by atoms with E-state index < -0.39 is 18.0 Å². The fourth-order valence-corrected chi connectivity index (χ4v) is 3.02. The lowest BCUT2D eigenvalue weighted by atomic mass is 9.90. The van der Waals surface area contributed by atoms with Crippen LogP contribution >= 0.6 is 0 Å². The van der Waals surface area contributed by atoms with Gasteiger partial charge in [0.1, 0.15) is 29.5 Å². The van der Waals surface area contributed by atoms with Crippen molar-refractivity contribution in [3.63, 3.8) is 0 Å². The molecule has 1 aliphatic heterocycles. The Bertz CT molecular complexity index is 761. The lowest BCUT2D eigenvalue weighted by molar-refractivity contribution is -0.141. The normalized spacial score (nSPS) is 17.3. The van der Waals surface area contributed by atoms with Crippen LogP contribution in [0.3, 0.4) is 0 Å². The summed E-state index contributed by atoms with van der Waals surface area (Å²) < 4.78 is 38.7. The first kappa shape index (κ1) is 17.2. The summed E-state index contributed by atoms with van der Waals surface area (Å²) in [6.07, 6.45) is -1.01. The number of H-pyrrole nitrogens is 1. The highest BCUT2D eigenvalue weighted by Gasteiger charge is 2.34. The van der Waals surface area contributed by atoms with E-state index in [2.05, 4.69) is 15.0 Å². The highest BCUT2D eigenvalue weighted by molar-refractivity contribution is 5.54. The molecule has 1 unspecified atom stereocenters. The van der Waals surface area contributed by atoms with Crippen LogP contribution in [0, 0.1) is 17.2 Å². The first-order valence-electron chi connectivity index (χ1n) is 7.81. The molecule has 1 atom stereocenters. The lowest BCUT2D eigenvalue weighted by Gasteiger charge is -2.35. The maximum atomic E-state index is 12.9. The van der Waals surface area contributed by atoms with Gasteiger partial charge in [0.05, 0.1) is 5.56 Å². The third-order valence-corrected chi connectivity index (χ3v) is 4.37. The van der Waals surface area contributed by atoms with Gasteiger partial charge >= 0.3 is 6.18 Å². The van der Waals surface area contributed by atoms with Gasteiger partial charge in [-0.25, -0.2) is 9.97 Å². The number of imidazole rings is 1. The number of nitrogens with zero attached hydrogens (tertiary/aromatic N) is 4. The zero-order valence-electron chi connectivity index (χ0n) is 13.2. The molecule has 6 nitrogen and oxygen atoms in total. The van der Waals surface area contributed by atoms with E-state index in [9.17, 15) is 18.3 Å². The molecule has 0 amide bonds. The number of aliphatic hydroxyl groups is 1. The SMILES string of the molecule is N#Cc1ccc(C(F)(F)F)nc1N1CCC(C(O)c2ncc[nH]2)CC1. The predicted molar refractivity (Wildman–Crippen MR) is 82.4 cm³/mol. The number of halogens is 3. The van der Waals surface area contributed by atoms with Gasteiger partial charge in [0.2, 0.25) is 0 Å². The van der Waals surface area contributed by atoms with Gasteiger partial charge in [-0.2, -0.15) is 18.4 Å². The summed E-state index contributed by atoms with van der Waals surface area (Å²) in [5.74, 6) is 0.468. The van der Waals surface area contributed by atoms with Gasteiger partial charge < -0.3 is 15.0 Å². The van der Waals surface area contributed by atoms with Gasteiger partial charge in [0.15, 0.2) is 0 Å². The van der Waals surface area contributed by atoms with E-state index in [1.165, 1.54) is 0 Å². The molecule has 3 heterocycles. The first-order valence-corrected chi connectivity index (χ1v) is 7.81. The van der Waals surface area contributed by atoms with E-state index in [4.69, 9.17) is 5.26 Å². The average Bonchev–Trinajstić information content (AvgIpc) is 3.14. The van der Waals surface area contributed by atoms with Crippen molar-refractivity contribution in [2.45, 2.75) is 25.1 Å². The molecular weight excluding hydrogens is 335 g/mol. The number of alkyl halides is 3. The predicted octanol–water partition coefficient (Wildman–Crippen LogP) is 2.65. The van der Waals surface area contributed by atoms with Crippen LogP contribution in [0.25, 0.3) is 0 Å². The maximum absolute atomic E-state index is 12.9. The van der Waals surface area contributed by atoms with Gasteiger partial charge in [-0.05, 0) is 30.9 Å². The topological polar surface area (TPSA) is 88.8 Å². The minimum absolute atomic E-state index is 0.0447. The maximum Gasteiger partial charge on any atom is 0.433 e. The molecule has 0 saturated carbocycles. The number of nitriles is 1. The van der Waals surface area contributed by atoms with E-state index >= 15 is 0 Å². The fourth-order valence-electron chi connectivity index (χ4n) is 3.02. The van der Waals surface area contributed by atoms with Gasteiger partial charge in [0, 0.05) is 25.5 Å². The van der Waals surface area contributed by atoms with Crippen LogP contribution in [-0.2, 0) is 6.18 Å². The molecule has 2 N–H and O–H groups in total. The number of piperidine rings is 1. The second-order valence-corrected chi connectivity index (χ2v) is 5.92. The summed E-state index contributed by atoms with van der Waals surface area (Å²) in [5.41, 5.74) is -0.905. The number of aromatic amines is 1. The van der Waals surface area contributed by atoms with Crippen LogP contribution in [0.5, 0.6) is 0 Å². The third kappa shape index (κ3) is 3.58. The first-order chi connectivity index (χ1) is 11.9. The molecule has 0 radical (unpaired) electrons. The molecular formula is C16H16F3N5O. The Balaban J connectivity index is 1.75. The van der Waals surface area contributed by atoms with Crippen molar-refractivity contribution < 1.29 is 18.3 Å². The van der Waals surface area contributed by atoms with Crippen LogP contribution < -0.4 is 4.90 Å². The summed E-state index contributed by atoms with van der Waals surface area (Å²) >= 11 is 0. The van der Waals surface area contributed by atoms with Crippen LogP contribution in [0.15, 0.2) is 24.5 Å². The average molecular weight is 351 g/mol. The highest BCUT2D eigenvalue weighted by Crippen LogP contribution is 2.34. The van der Waals surface area contributed by atoms with Gasteiger partial charge in [-0.3, -0.25) is 0 Å². The summed E-state index contributed by atoms with van der Waals surface area (Å²) in [6, 6.07) is 3.85. The zero-order chi connectivity index (χ0) is 18.0. The molecule has 0 aromatic carbocycles. The summed E-state index contributed by atoms with van der Waals surface area (Å²) in [5, 5.41) is 19.5. The second-order valence-electron chi connectivity index (χ2n) is 5.92. The smallest absolute Gasteiger partial charge is 0.385 e. The number of aromatic nitrogens is 3. The van der Waals surface area contributed by atoms with E-state index in [-0.39, 0.29) is 17.3 Å². The van der Waals surface area contributed by atoms with E-state index in [1.54, 1.807) is 17.3 Å². The molecule has 0 spiro atoms. The minimum atomic E-state index is -4.56. The summed E-state index contributed by atoms with van der Waals surface area (Å²) in [6.45, 7) is 0.816. The van der Waals surface area contributed by atoms with Gasteiger partial charge in [0.25, 0.3) is 0 Å². The fraction of sp³-hybridized carbons (Fsp3) is 0.438. The Labute approximate surface area is 141 Å². The number of rotatable bonds is 3. The molecule has 1 aliphatic rings. The standard InChI is InChI=1S/C16H16F3N5O/c17-16(18,19)12-2-1-11(9-20)15(23-12)24-7-3-10(4-8-24)13(25)14-21-5-6-22-14/h1-2,5-6,10,13,25H,3-4,7-8H2,(H,21,22). The zero-order valence-corrected chi connectivity index (χ0v) is 13.2. The Morgan fingerprint density at radius 3 is 2.60 bits per heavy atom. The van der Waals surface area contributed by atoms with Crippen LogP contribution in [0.1, 0.15) is 36.0 Å². The highest BCUT2D eigenvalue weighted by atomic mass is 19.4. The summed E-state index contributed by atoms with van der Waals surface area (Å²) in [7, 11) is 0. The molecule has 1 fully saturated rings. The van der Waals surface area contributed by atoms with Crippen LogP contribution in [-0.4, -0.2) is 33.1 Å². The Morgan fingerprint density at radius 1 is 1.32 bits per heavy atom. The number of nitrogens with one attached hydrogen (secondary N) is 1. The number of hydrogen-bond donors (Lipinski definition) is 2. The molecule has 2 aromatic heterocycles. The molecule has 0 aliphatic carbocycles. The molecule has 2 aromatic rings. The van der Waals surface area contributed by atoms with E-state index in [0.717, 1.165) is 12.1 Å². The molecule has 1 saturated heterocycles. The van der Waals surface area contributed by atoms with Crippen molar-refractivity contribution >= 4 is 5.82 Å².